The summed E-state index contributed by atoms with van der Waals surface area (Å²) in [6, 6.07) is 11.5. The highest BCUT2D eigenvalue weighted by Gasteiger charge is 2.19. The van der Waals surface area contributed by atoms with Gasteiger partial charge < -0.3 is 13.9 Å². The van der Waals surface area contributed by atoms with Crippen LogP contribution in [-0.4, -0.2) is 37.1 Å². The zero-order valence-electron chi connectivity index (χ0n) is 15.4. The second-order valence-electron chi connectivity index (χ2n) is 6.41. The predicted molar refractivity (Wildman–Crippen MR) is 102 cm³/mol. The van der Waals surface area contributed by atoms with Crippen LogP contribution in [0.1, 0.15) is 12.0 Å². The molecule has 2 aromatic carbocycles. The maximum Gasteiger partial charge on any atom is 0.322 e. The Bertz CT molecular complexity index is 1150. The molecule has 9 nitrogen and oxygen atoms in total. The molecular formula is C19H17N3O6S. The Hall–Kier alpha value is -3.40. The number of aromatic nitrogens is 2. The summed E-state index contributed by atoms with van der Waals surface area (Å²) in [7, 11) is -3.56. The molecule has 4 rings (SSSR count). The number of amides is 1. The zero-order chi connectivity index (χ0) is 20.4. The standard InChI is InChI=1S/C19H17N3O6S/c1-12-2-5-14(6-3-12)29(24,25)9-8-17(23)20-19-22-21-18(28-19)13-4-7-15-16(10-13)27-11-26-15/h2-7,10H,8-9,11H2,1H3,(H,20,22,23). The average Bonchev–Trinajstić information content (AvgIpc) is 3.35. The van der Waals surface area contributed by atoms with Gasteiger partial charge in [0.1, 0.15) is 0 Å². The van der Waals surface area contributed by atoms with Crippen LogP contribution in [0.25, 0.3) is 11.5 Å². The first-order valence-electron chi connectivity index (χ1n) is 8.73. The number of benzene rings is 2. The monoisotopic (exact) mass is 415 g/mol. The fourth-order valence-electron chi connectivity index (χ4n) is 2.69. The molecule has 1 aliphatic rings. The molecule has 2 heterocycles. The van der Waals surface area contributed by atoms with Crippen LogP contribution in [0.3, 0.4) is 0 Å². The summed E-state index contributed by atoms with van der Waals surface area (Å²) < 4.78 is 40.6. The van der Waals surface area contributed by atoms with E-state index in [1.807, 2.05) is 6.92 Å². The van der Waals surface area contributed by atoms with Crippen molar-refractivity contribution in [3.05, 3.63) is 48.0 Å². The van der Waals surface area contributed by atoms with E-state index in [0.717, 1.165) is 5.56 Å². The number of rotatable bonds is 6. The molecule has 0 atom stereocenters. The van der Waals surface area contributed by atoms with E-state index in [4.69, 9.17) is 13.9 Å². The van der Waals surface area contributed by atoms with Gasteiger partial charge in [0.2, 0.25) is 18.6 Å². The largest absolute Gasteiger partial charge is 0.454 e. The Balaban J connectivity index is 1.37. The Morgan fingerprint density at radius 2 is 1.83 bits per heavy atom. The lowest BCUT2D eigenvalue weighted by atomic mass is 10.2. The third kappa shape index (κ3) is 4.21. The van der Waals surface area contributed by atoms with Crippen molar-refractivity contribution in [2.45, 2.75) is 18.2 Å². The Kier molecular flexibility index (Phi) is 4.93. The summed E-state index contributed by atoms with van der Waals surface area (Å²) in [5.74, 6) is 0.502. The van der Waals surface area contributed by atoms with Crippen LogP contribution in [0.2, 0.25) is 0 Å². The number of ether oxygens (including phenoxy) is 2. The second-order valence-corrected chi connectivity index (χ2v) is 8.52. The normalized spacial score (nSPS) is 12.7. The first-order valence-corrected chi connectivity index (χ1v) is 10.4. The molecule has 1 amide bonds. The molecule has 0 aliphatic carbocycles. The SMILES string of the molecule is Cc1ccc(S(=O)(=O)CCC(=O)Nc2nnc(-c3ccc4c(c3)OCO4)o2)cc1. The fourth-order valence-corrected chi connectivity index (χ4v) is 3.93. The van der Waals surface area contributed by atoms with Crippen molar-refractivity contribution < 1.29 is 27.1 Å². The summed E-state index contributed by atoms with van der Waals surface area (Å²) in [5.41, 5.74) is 1.56. The van der Waals surface area contributed by atoms with Gasteiger partial charge in [0.15, 0.2) is 21.3 Å². The van der Waals surface area contributed by atoms with Gasteiger partial charge in [-0.2, -0.15) is 0 Å². The molecule has 10 heteroatoms. The smallest absolute Gasteiger partial charge is 0.322 e. The van der Waals surface area contributed by atoms with Crippen LogP contribution < -0.4 is 14.8 Å². The van der Waals surface area contributed by atoms with Crippen LogP contribution in [0.5, 0.6) is 11.5 Å². The quantitative estimate of drug-likeness (QED) is 0.652. The van der Waals surface area contributed by atoms with E-state index in [-0.39, 0.29) is 35.8 Å². The molecule has 1 aromatic heterocycles. The minimum atomic E-state index is -3.56. The molecular weight excluding hydrogens is 398 g/mol. The number of carbonyl (C=O) groups is 1. The van der Waals surface area contributed by atoms with E-state index in [0.29, 0.717) is 17.1 Å². The van der Waals surface area contributed by atoms with Gasteiger partial charge in [0, 0.05) is 12.0 Å². The van der Waals surface area contributed by atoms with Gasteiger partial charge >= 0.3 is 6.01 Å². The highest BCUT2D eigenvalue weighted by Crippen LogP contribution is 2.35. The lowest BCUT2D eigenvalue weighted by Gasteiger charge is -2.04. The van der Waals surface area contributed by atoms with Gasteiger partial charge in [-0.05, 0) is 37.3 Å². The highest BCUT2D eigenvalue weighted by atomic mass is 32.2. The number of sulfone groups is 1. The maximum atomic E-state index is 12.3. The molecule has 29 heavy (non-hydrogen) atoms. The molecule has 0 spiro atoms. The van der Waals surface area contributed by atoms with Crippen LogP contribution in [-0.2, 0) is 14.6 Å². The van der Waals surface area contributed by atoms with Crippen LogP contribution in [0.15, 0.2) is 51.8 Å². The number of hydrogen-bond acceptors (Lipinski definition) is 8. The summed E-state index contributed by atoms with van der Waals surface area (Å²) in [6.07, 6.45) is -0.238. The van der Waals surface area contributed by atoms with Crippen molar-refractivity contribution in [2.75, 3.05) is 17.9 Å². The predicted octanol–water partition coefficient (Wildman–Crippen LogP) is 2.58. The second kappa shape index (κ2) is 7.55. The molecule has 0 saturated carbocycles. The lowest BCUT2D eigenvalue weighted by molar-refractivity contribution is -0.115. The summed E-state index contributed by atoms with van der Waals surface area (Å²) in [5, 5.41) is 10.1. The van der Waals surface area contributed by atoms with E-state index in [1.54, 1.807) is 30.3 Å². The third-order valence-electron chi connectivity index (χ3n) is 4.27. The third-order valence-corrected chi connectivity index (χ3v) is 6.00. The van der Waals surface area contributed by atoms with Crippen molar-refractivity contribution in [2.24, 2.45) is 0 Å². The van der Waals surface area contributed by atoms with Gasteiger partial charge in [-0.25, -0.2) is 8.42 Å². The molecule has 0 radical (unpaired) electrons. The maximum absolute atomic E-state index is 12.3. The van der Waals surface area contributed by atoms with Crippen molar-refractivity contribution in [1.82, 2.24) is 10.2 Å². The van der Waals surface area contributed by atoms with Gasteiger partial charge in [-0.15, -0.1) is 5.10 Å². The van der Waals surface area contributed by atoms with Crippen LogP contribution in [0.4, 0.5) is 6.01 Å². The van der Waals surface area contributed by atoms with Crippen molar-refractivity contribution in [1.29, 1.82) is 0 Å². The molecule has 150 valence electrons. The van der Waals surface area contributed by atoms with Crippen LogP contribution >= 0.6 is 0 Å². The first kappa shape index (κ1) is 18.9. The number of nitrogens with one attached hydrogen (secondary N) is 1. The number of aryl methyl sites for hydroxylation is 1. The van der Waals surface area contributed by atoms with E-state index in [9.17, 15) is 13.2 Å². The summed E-state index contributed by atoms with van der Waals surface area (Å²) in [6.45, 7) is 2.02. The lowest BCUT2D eigenvalue weighted by Crippen LogP contribution is -2.17. The number of anilines is 1. The van der Waals surface area contributed by atoms with Crippen LogP contribution in [0, 0.1) is 6.92 Å². The Morgan fingerprint density at radius 1 is 1.07 bits per heavy atom. The minimum Gasteiger partial charge on any atom is -0.454 e. The number of nitrogens with zero attached hydrogens (tertiary/aromatic N) is 2. The molecule has 1 N–H and O–H groups in total. The van der Waals surface area contributed by atoms with E-state index < -0.39 is 15.7 Å². The highest BCUT2D eigenvalue weighted by molar-refractivity contribution is 7.91. The Labute approximate surface area is 166 Å². The van der Waals surface area contributed by atoms with Gasteiger partial charge in [0.05, 0.1) is 10.6 Å². The molecule has 0 unspecified atom stereocenters. The molecule has 1 aliphatic heterocycles. The minimum absolute atomic E-state index is 0.115. The van der Waals surface area contributed by atoms with Gasteiger partial charge in [-0.3, -0.25) is 10.1 Å². The van der Waals surface area contributed by atoms with Crippen molar-refractivity contribution in [3.63, 3.8) is 0 Å². The fraction of sp³-hybridized carbons (Fsp3) is 0.211. The number of carbonyl (C=O) groups excluding carboxylic acids is 1. The molecule has 0 saturated heterocycles. The van der Waals surface area contributed by atoms with Gasteiger partial charge in [-0.1, -0.05) is 22.8 Å². The Morgan fingerprint density at radius 3 is 2.62 bits per heavy atom. The number of hydrogen-bond donors (Lipinski definition) is 1. The average molecular weight is 415 g/mol. The van der Waals surface area contributed by atoms with E-state index in [1.165, 1.54) is 12.1 Å². The number of fused-ring (bicyclic) bond motifs is 1. The van der Waals surface area contributed by atoms with Crippen molar-refractivity contribution in [3.8, 4) is 23.0 Å². The zero-order valence-corrected chi connectivity index (χ0v) is 16.2. The first-order chi connectivity index (χ1) is 13.9. The van der Waals surface area contributed by atoms with Crippen molar-refractivity contribution >= 4 is 21.8 Å². The summed E-state index contributed by atoms with van der Waals surface area (Å²) in [4.78, 5) is 12.3. The van der Waals surface area contributed by atoms with E-state index >= 15 is 0 Å². The van der Waals surface area contributed by atoms with Gasteiger partial charge in [0.25, 0.3) is 0 Å². The molecule has 0 fully saturated rings. The topological polar surface area (TPSA) is 121 Å². The van der Waals surface area contributed by atoms with E-state index in [2.05, 4.69) is 15.5 Å². The molecule has 3 aromatic rings. The summed E-state index contributed by atoms with van der Waals surface area (Å²) >= 11 is 0. The molecule has 0 bridgehead atoms.